The van der Waals surface area contributed by atoms with E-state index in [1.807, 2.05) is 0.164 Å². The van der Waals surface area contributed by atoms with Crippen molar-refractivity contribution in [3.05, 3.63) is 0 Å². The molecule has 0 amide bonds. The molecule has 0 fully saturated rings. The molecule has 0 aromatic heterocycles. The van der Waals surface area contributed by atoms with Crippen LogP contribution in [0.25, 0.3) is 0 Å². The molecule has 0 aliphatic rings. The van der Waals surface area contributed by atoms with Gasteiger partial charge in [0.25, 0.3) is 0 Å². The van der Waals surface area contributed by atoms with Crippen LogP contribution >= 0.6 is 0 Å². The molecule has 0 atom stereocenters. The van der Waals surface area contributed by atoms with E-state index in [9.17, 15) is 0 Å². The molecular weight excluding hydrogens is 102 g/mol. The summed E-state index contributed by atoms with van der Waals surface area (Å²) in [5.41, 5.74) is 0. The molecule has 24 valence electrons. The van der Waals surface area contributed by atoms with Gasteiger partial charge in [0.05, 0.1) is 0 Å². The zero-order valence-electron chi connectivity index (χ0n) is 3.89. The third-order valence-electron chi connectivity index (χ3n) is 0. The van der Waals surface area contributed by atoms with E-state index in [4.69, 9.17) is 10.5 Å². The zero-order chi connectivity index (χ0) is 5.41. The third-order valence-corrected chi connectivity index (χ3v) is 0. The van der Waals surface area contributed by atoms with E-state index in [-0.39, 0.29) is 0 Å². The van der Waals surface area contributed by atoms with Crippen molar-refractivity contribution in [3.63, 3.8) is 0 Å². The Bertz CT molecular complexity index is 66.5. The van der Waals surface area contributed by atoms with Crippen LogP contribution in [0.2, 0.25) is 0 Å². The second-order valence-electron chi connectivity index (χ2n) is 0.447. The Morgan fingerprint density at radius 1 is 1.50 bits per heavy atom. The van der Waals surface area contributed by atoms with E-state index in [1.165, 1.54) is 7.85 Å². The van der Waals surface area contributed by atoms with Crippen molar-refractivity contribution >= 4 is 56.8 Å². The molecule has 0 saturated heterocycles. The molecule has 0 aromatic rings. The van der Waals surface area contributed by atoms with Gasteiger partial charge in [0.1, 0.15) is 0 Å². The maximum absolute atomic E-state index is 7.40. The summed E-state index contributed by atoms with van der Waals surface area (Å²) in [7, 11) is 1.43. The van der Waals surface area contributed by atoms with Gasteiger partial charge in [-0.25, -0.2) is 5.26 Å². The number of hydrogen-bond acceptors (Lipinski definition) is 2. The van der Waals surface area contributed by atoms with Crippen molar-refractivity contribution in [2.75, 3.05) is 0 Å². The maximum atomic E-state index is 7.40. The summed E-state index contributed by atoms with van der Waals surface area (Å²) in [6.07, 6.45) is 0. The minimum absolute atomic E-state index is 0.410. The Labute approximate surface area is 72.1 Å². The van der Waals surface area contributed by atoms with Crippen LogP contribution < -0.4 is 0 Å². The Balaban J connectivity index is 0. The number of hydrogen-bond donors (Lipinski definition) is 0. The van der Waals surface area contributed by atoms with Crippen LogP contribution in [0.15, 0.2) is 0 Å². The van der Waals surface area contributed by atoms with Gasteiger partial charge in [0, 0.05) is 0 Å². The van der Waals surface area contributed by atoms with Gasteiger partial charge in [-0.1, -0.05) is 0 Å². The van der Waals surface area contributed by atoms with Crippen LogP contribution in [0.5, 0.6) is 0 Å². The van der Waals surface area contributed by atoms with Crippen molar-refractivity contribution in [2.45, 2.75) is 0 Å². The molecule has 0 unspecified atom stereocenters. The van der Waals surface area contributed by atoms with E-state index in [0.717, 1.165) is 0 Å². The molecule has 2 nitrogen and oxygen atoms in total. The van der Waals surface area contributed by atoms with Crippen molar-refractivity contribution in [3.8, 4) is 6.13 Å². The molecule has 4 heteroatoms. The van der Waals surface area contributed by atoms with Crippen LogP contribution in [-0.4, -0.2) is 56.8 Å². The zero-order valence-corrected chi connectivity index (χ0v) is 7.02. The molecule has 0 spiro atoms. The van der Waals surface area contributed by atoms with Gasteiger partial charge in [-0.05, 0) is 5.97 Å². The van der Waals surface area contributed by atoms with E-state index in [2.05, 4.69) is 0 Å². The van der Waals surface area contributed by atoms with Gasteiger partial charge in [-0.2, -0.15) is 0 Å². The van der Waals surface area contributed by atoms with Gasteiger partial charge in [0.15, 0.2) is 0 Å². The van der Waals surface area contributed by atoms with Gasteiger partial charge < -0.3 is 0 Å². The van der Waals surface area contributed by atoms with Gasteiger partial charge in [0.2, 0.25) is 7.85 Å². The van der Waals surface area contributed by atoms with Crippen molar-refractivity contribution in [1.29, 1.82) is 10.5 Å². The Kier molecular flexibility index (Phi) is 28.4. The Morgan fingerprint density at radius 2 is 1.50 bits per heavy atom. The quantitative estimate of drug-likeness (QED) is 0.360. The average molecular weight is 104 g/mol. The molecule has 0 saturated carbocycles. The number of nitriles is 2. The minimum atomic E-state index is 0.410. The first kappa shape index (κ1) is 9.84. The molecule has 0 bridgehead atoms. The third kappa shape index (κ3) is 137. The average Bonchev–Trinajstić information content (AvgIpc) is 1.39. The van der Waals surface area contributed by atoms with Gasteiger partial charge in [-0.3, -0.25) is 0 Å². The predicted octanol–water partition coefficient (Wildman–Crippen LogP) is -1.26. The predicted molar refractivity (Wildman–Crippen MR) is 25.5 cm³/mol. The van der Waals surface area contributed by atoms with Crippen molar-refractivity contribution in [1.82, 2.24) is 0 Å². The van der Waals surface area contributed by atoms with Gasteiger partial charge >= 0.3 is 54.4 Å². The Morgan fingerprint density at radius 3 is 1.50 bits per heavy atom. The summed E-state index contributed by atoms with van der Waals surface area (Å²) in [5, 5.41) is 14.7. The van der Waals surface area contributed by atoms with Crippen LogP contribution in [-0.2, 0) is 0 Å². The number of nitrogens with zero attached hydrogens (tertiary/aromatic N) is 2. The molecule has 0 heterocycles. The van der Waals surface area contributed by atoms with E-state index in [0.29, 0.717) is 49.0 Å². The molecule has 0 rings (SSSR count). The molecule has 6 heavy (non-hydrogen) atoms. The van der Waals surface area contributed by atoms with Crippen LogP contribution in [0.1, 0.15) is 0 Å². The Hall–Kier alpha value is 0.681. The van der Waals surface area contributed by atoms with Crippen LogP contribution in [0.3, 0.4) is 0 Å². The first-order chi connectivity index (χ1) is 2.83. The summed E-state index contributed by atoms with van der Waals surface area (Å²) in [6.45, 7) is 0. The van der Waals surface area contributed by atoms with Gasteiger partial charge in [-0.15, -0.1) is 0 Å². The van der Waals surface area contributed by atoms with Crippen LogP contribution in [0.4, 0.5) is 0 Å². The summed E-state index contributed by atoms with van der Waals surface area (Å²) < 4.78 is 1.94. The van der Waals surface area contributed by atoms with Crippen molar-refractivity contribution in [2.24, 2.45) is 0 Å². The first-order valence-corrected chi connectivity index (χ1v) is 3.01. The van der Waals surface area contributed by atoms with E-state index < -0.39 is 0 Å². The van der Waals surface area contributed by atoms with E-state index >= 15 is 0 Å². The SMILES string of the molecule is BC#N.N#[C][K]. The fourth-order valence-corrected chi connectivity index (χ4v) is 0. The van der Waals surface area contributed by atoms with E-state index in [1.54, 1.807) is 5.97 Å². The first-order valence-electron chi connectivity index (χ1n) is 1.45. The summed E-state index contributed by atoms with van der Waals surface area (Å²) in [5.74, 6) is 1.75. The van der Waals surface area contributed by atoms with Crippen LogP contribution in [0, 0.1) is 16.7 Å². The normalized spacial score (nSPS) is 2.67. The fourth-order valence-electron chi connectivity index (χ4n) is 0. The molecule has 0 N–H and O–H groups in total. The summed E-state index contributed by atoms with van der Waals surface area (Å²) >= 11 is 0.410. The number of rotatable bonds is 0. The second-order valence-corrected chi connectivity index (χ2v) is 1.15. The standard InChI is InChI=1S/CH2BN.CN.K/c2-1-3;1-2;/h2H2;;. The molecule has 0 aliphatic carbocycles. The molecular formula is C2H2BKN2. The van der Waals surface area contributed by atoms with Crippen molar-refractivity contribution < 1.29 is 0 Å². The molecule has 0 aliphatic heterocycles. The summed E-state index contributed by atoms with van der Waals surface area (Å²) in [4.78, 5) is 0. The monoisotopic (exact) mass is 104 g/mol. The second kappa shape index (κ2) is 17.3. The summed E-state index contributed by atoms with van der Waals surface area (Å²) in [6, 6.07) is 0. The topological polar surface area (TPSA) is 47.6 Å². The fraction of sp³-hybridized carbons (Fsp3) is 0. The molecule has 0 radical (unpaired) electrons. The molecule has 0 aromatic carbocycles.